The SMILES string of the molecule is N#CC1(C(=O)N2CCCCCC2)CC1. The van der Waals surface area contributed by atoms with Gasteiger partial charge in [-0.1, -0.05) is 12.8 Å². The molecule has 76 valence electrons. The lowest BCUT2D eigenvalue weighted by atomic mass is 10.1. The van der Waals surface area contributed by atoms with Gasteiger partial charge in [0.25, 0.3) is 0 Å². The first-order valence-electron chi connectivity index (χ1n) is 5.49. The van der Waals surface area contributed by atoms with Crippen molar-refractivity contribution in [1.82, 2.24) is 4.90 Å². The second-order valence-corrected chi connectivity index (χ2v) is 4.40. The normalized spacial score (nSPS) is 24.9. The molecule has 1 amide bonds. The Morgan fingerprint density at radius 2 is 1.71 bits per heavy atom. The van der Waals surface area contributed by atoms with Crippen LogP contribution in [0.4, 0.5) is 0 Å². The topological polar surface area (TPSA) is 44.1 Å². The van der Waals surface area contributed by atoms with E-state index < -0.39 is 5.41 Å². The maximum absolute atomic E-state index is 12.0. The number of nitriles is 1. The van der Waals surface area contributed by atoms with E-state index in [1.54, 1.807) is 0 Å². The van der Waals surface area contributed by atoms with Crippen LogP contribution in [-0.2, 0) is 4.79 Å². The lowest BCUT2D eigenvalue weighted by Gasteiger charge is -2.22. The molecule has 0 aromatic heterocycles. The van der Waals surface area contributed by atoms with Gasteiger partial charge in [0.1, 0.15) is 5.41 Å². The van der Waals surface area contributed by atoms with Crippen molar-refractivity contribution in [2.24, 2.45) is 5.41 Å². The summed E-state index contributed by atoms with van der Waals surface area (Å²) in [5.74, 6) is 0.0990. The van der Waals surface area contributed by atoms with E-state index in [-0.39, 0.29) is 5.91 Å². The minimum atomic E-state index is -0.607. The minimum absolute atomic E-state index is 0.0990. The molecule has 0 unspecified atom stereocenters. The Bertz CT molecular complexity index is 268. The van der Waals surface area contributed by atoms with E-state index in [9.17, 15) is 4.79 Å². The molecule has 0 spiro atoms. The molecule has 0 radical (unpaired) electrons. The number of rotatable bonds is 1. The van der Waals surface area contributed by atoms with Gasteiger partial charge in [0.2, 0.25) is 5.91 Å². The molecule has 2 rings (SSSR count). The first-order valence-corrected chi connectivity index (χ1v) is 5.49. The highest BCUT2D eigenvalue weighted by Crippen LogP contribution is 2.46. The minimum Gasteiger partial charge on any atom is -0.341 e. The van der Waals surface area contributed by atoms with Crippen LogP contribution in [0.25, 0.3) is 0 Å². The molecule has 3 nitrogen and oxygen atoms in total. The summed E-state index contributed by atoms with van der Waals surface area (Å²) >= 11 is 0. The van der Waals surface area contributed by atoms with Gasteiger partial charge in [-0.3, -0.25) is 4.79 Å². The number of amides is 1. The third-order valence-corrected chi connectivity index (χ3v) is 3.27. The number of hydrogen-bond acceptors (Lipinski definition) is 2. The van der Waals surface area contributed by atoms with Crippen LogP contribution in [-0.4, -0.2) is 23.9 Å². The van der Waals surface area contributed by atoms with Gasteiger partial charge in [-0.15, -0.1) is 0 Å². The van der Waals surface area contributed by atoms with E-state index in [1.807, 2.05) is 4.90 Å². The predicted molar refractivity (Wildman–Crippen MR) is 52.3 cm³/mol. The molecule has 1 heterocycles. The average molecular weight is 192 g/mol. The van der Waals surface area contributed by atoms with Crippen LogP contribution in [0.2, 0.25) is 0 Å². The smallest absolute Gasteiger partial charge is 0.243 e. The van der Waals surface area contributed by atoms with E-state index >= 15 is 0 Å². The first-order chi connectivity index (χ1) is 6.78. The van der Waals surface area contributed by atoms with Crippen LogP contribution in [0.5, 0.6) is 0 Å². The third-order valence-electron chi connectivity index (χ3n) is 3.27. The third kappa shape index (κ3) is 1.61. The van der Waals surface area contributed by atoms with Crippen molar-refractivity contribution in [2.75, 3.05) is 13.1 Å². The van der Waals surface area contributed by atoms with E-state index in [0.717, 1.165) is 38.8 Å². The van der Waals surface area contributed by atoms with Gasteiger partial charge in [0.15, 0.2) is 0 Å². The molecule has 0 bridgehead atoms. The highest BCUT2D eigenvalue weighted by atomic mass is 16.2. The Morgan fingerprint density at radius 1 is 1.14 bits per heavy atom. The molecule has 2 aliphatic rings. The summed E-state index contributed by atoms with van der Waals surface area (Å²) in [6.45, 7) is 1.73. The summed E-state index contributed by atoms with van der Waals surface area (Å²) in [5, 5.41) is 8.93. The van der Waals surface area contributed by atoms with Gasteiger partial charge in [-0.25, -0.2) is 0 Å². The molecule has 2 fully saturated rings. The number of hydrogen-bond donors (Lipinski definition) is 0. The number of carbonyl (C=O) groups excluding carboxylic acids is 1. The van der Waals surface area contributed by atoms with E-state index in [1.165, 1.54) is 12.8 Å². The Balaban J connectivity index is 2.00. The molecule has 14 heavy (non-hydrogen) atoms. The molecule has 1 aliphatic heterocycles. The van der Waals surface area contributed by atoms with Crippen LogP contribution >= 0.6 is 0 Å². The van der Waals surface area contributed by atoms with Gasteiger partial charge < -0.3 is 4.90 Å². The molecular weight excluding hydrogens is 176 g/mol. The second-order valence-electron chi connectivity index (χ2n) is 4.40. The van der Waals surface area contributed by atoms with Crippen molar-refractivity contribution in [3.05, 3.63) is 0 Å². The van der Waals surface area contributed by atoms with Gasteiger partial charge >= 0.3 is 0 Å². The lowest BCUT2D eigenvalue weighted by Crippen LogP contribution is -2.37. The zero-order valence-corrected chi connectivity index (χ0v) is 8.46. The van der Waals surface area contributed by atoms with Crippen LogP contribution in [0.3, 0.4) is 0 Å². The Labute approximate surface area is 84.7 Å². The molecular formula is C11H16N2O. The lowest BCUT2D eigenvalue weighted by molar-refractivity contribution is -0.134. The van der Waals surface area contributed by atoms with Crippen molar-refractivity contribution >= 4 is 5.91 Å². The summed E-state index contributed by atoms with van der Waals surface area (Å²) in [4.78, 5) is 13.9. The summed E-state index contributed by atoms with van der Waals surface area (Å²) in [6, 6.07) is 2.18. The fraction of sp³-hybridized carbons (Fsp3) is 0.818. The summed E-state index contributed by atoms with van der Waals surface area (Å²) in [6.07, 6.45) is 6.21. The zero-order chi connectivity index (χ0) is 10.0. The molecule has 0 aromatic carbocycles. The molecule has 1 aliphatic carbocycles. The fourth-order valence-corrected chi connectivity index (χ4v) is 2.07. The number of likely N-dealkylation sites (tertiary alicyclic amines) is 1. The molecule has 1 saturated carbocycles. The summed E-state index contributed by atoms with van der Waals surface area (Å²) in [7, 11) is 0. The highest BCUT2D eigenvalue weighted by molar-refractivity contribution is 5.88. The fourth-order valence-electron chi connectivity index (χ4n) is 2.07. The van der Waals surface area contributed by atoms with Gasteiger partial charge in [-0.2, -0.15) is 5.26 Å². The summed E-state index contributed by atoms with van der Waals surface area (Å²) < 4.78 is 0. The van der Waals surface area contributed by atoms with Crippen molar-refractivity contribution in [3.63, 3.8) is 0 Å². The Hall–Kier alpha value is -1.04. The van der Waals surface area contributed by atoms with Crippen LogP contribution in [0.1, 0.15) is 38.5 Å². The van der Waals surface area contributed by atoms with Gasteiger partial charge in [0.05, 0.1) is 6.07 Å². The predicted octanol–water partition coefficient (Wildman–Crippen LogP) is 1.69. The molecule has 3 heteroatoms. The van der Waals surface area contributed by atoms with Crippen molar-refractivity contribution in [1.29, 1.82) is 5.26 Å². The Kier molecular flexibility index (Phi) is 2.45. The van der Waals surface area contributed by atoms with Crippen LogP contribution in [0.15, 0.2) is 0 Å². The number of nitrogens with zero attached hydrogens (tertiary/aromatic N) is 2. The molecule has 1 saturated heterocycles. The van der Waals surface area contributed by atoms with Gasteiger partial charge in [-0.05, 0) is 25.7 Å². The molecule has 0 atom stereocenters. The van der Waals surface area contributed by atoms with Crippen molar-refractivity contribution in [3.8, 4) is 6.07 Å². The quantitative estimate of drug-likeness (QED) is 0.634. The van der Waals surface area contributed by atoms with E-state index in [2.05, 4.69) is 6.07 Å². The Morgan fingerprint density at radius 3 is 2.14 bits per heavy atom. The second kappa shape index (κ2) is 3.61. The molecule has 0 aromatic rings. The average Bonchev–Trinajstić information content (AvgIpc) is 3.03. The highest BCUT2D eigenvalue weighted by Gasteiger charge is 2.52. The van der Waals surface area contributed by atoms with E-state index in [4.69, 9.17) is 5.26 Å². The van der Waals surface area contributed by atoms with Crippen molar-refractivity contribution in [2.45, 2.75) is 38.5 Å². The van der Waals surface area contributed by atoms with Crippen LogP contribution < -0.4 is 0 Å². The largest absolute Gasteiger partial charge is 0.341 e. The maximum Gasteiger partial charge on any atom is 0.243 e. The number of carbonyl (C=O) groups is 1. The van der Waals surface area contributed by atoms with Crippen molar-refractivity contribution < 1.29 is 4.79 Å². The monoisotopic (exact) mass is 192 g/mol. The van der Waals surface area contributed by atoms with Gasteiger partial charge in [0, 0.05) is 13.1 Å². The maximum atomic E-state index is 12.0. The molecule has 0 N–H and O–H groups in total. The van der Waals surface area contributed by atoms with E-state index in [0.29, 0.717) is 0 Å². The first kappa shape index (κ1) is 9.51. The van der Waals surface area contributed by atoms with Crippen LogP contribution in [0, 0.1) is 16.7 Å². The summed E-state index contributed by atoms with van der Waals surface area (Å²) in [5.41, 5.74) is -0.607. The zero-order valence-electron chi connectivity index (χ0n) is 8.46. The standard InChI is InChI=1S/C11H16N2O/c12-9-11(5-6-11)10(14)13-7-3-1-2-4-8-13/h1-8H2.